The van der Waals surface area contributed by atoms with Crippen molar-refractivity contribution >= 4 is 33.4 Å². The standard InChI is InChI=1S/C19H14BrFN2O2/c1-9-16-17(9)19-22-13-7-12(21)11(20)6-14(13)23(19)18(16)10-4-2-3-5-15(10)25-8-24/h2-9,16-18H,1H3/t9-,16+,17-,18?/m0/s1. The van der Waals surface area contributed by atoms with Crippen LogP contribution in [0.2, 0.25) is 0 Å². The van der Waals surface area contributed by atoms with Gasteiger partial charge in [0.25, 0.3) is 6.47 Å². The van der Waals surface area contributed by atoms with Crippen molar-refractivity contribution in [2.45, 2.75) is 18.9 Å². The van der Waals surface area contributed by atoms with E-state index in [1.54, 1.807) is 12.1 Å². The highest BCUT2D eigenvalue weighted by molar-refractivity contribution is 9.10. The predicted molar refractivity (Wildman–Crippen MR) is 94.1 cm³/mol. The zero-order valence-corrected chi connectivity index (χ0v) is 14.9. The molecule has 1 saturated carbocycles. The fourth-order valence-electron chi connectivity index (χ4n) is 4.42. The van der Waals surface area contributed by atoms with Crippen LogP contribution in [0.3, 0.4) is 0 Å². The van der Waals surface area contributed by atoms with Gasteiger partial charge in [-0.05, 0) is 39.9 Å². The second-order valence-corrected chi connectivity index (χ2v) is 7.61. The Morgan fingerprint density at radius 1 is 1.32 bits per heavy atom. The largest absolute Gasteiger partial charge is 0.428 e. The SMILES string of the molecule is C[C@@H]1[C@@H]2c3nc4cc(F)c(Br)cc4n3C(c3ccccc3OC=O)[C@H]12. The summed E-state index contributed by atoms with van der Waals surface area (Å²) in [6.07, 6.45) is 0. The molecule has 2 aromatic carbocycles. The van der Waals surface area contributed by atoms with Crippen LogP contribution in [0.15, 0.2) is 40.9 Å². The lowest BCUT2D eigenvalue weighted by Gasteiger charge is -2.21. The molecule has 2 aliphatic rings. The molecule has 1 aromatic heterocycles. The van der Waals surface area contributed by atoms with Crippen LogP contribution in [0, 0.1) is 17.7 Å². The maximum absolute atomic E-state index is 13.9. The second kappa shape index (κ2) is 5.14. The molecule has 126 valence electrons. The Bertz CT molecular complexity index is 1030. The summed E-state index contributed by atoms with van der Waals surface area (Å²) in [6, 6.07) is 10.9. The lowest BCUT2D eigenvalue weighted by Crippen LogP contribution is -2.13. The van der Waals surface area contributed by atoms with Gasteiger partial charge in [0.05, 0.1) is 21.5 Å². The topological polar surface area (TPSA) is 44.1 Å². The molecule has 0 saturated heterocycles. The highest BCUT2D eigenvalue weighted by atomic mass is 79.9. The van der Waals surface area contributed by atoms with Crippen LogP contribution in [0.4, 0.5) is 4.39 Å². The second-order valence-electron chi connectivity index (χ2n) is 6.75. The van der Waals surface area contributed by atoms with Crippen LogP contribution in [-0.4, -0.2) is 16.0 Å². The molecule has 1 fully saturated rings. The number of imidazole rings is 1. The first-order valence-electron chi connectivity index (χ1n) is 8.18. The molecule has 0 amide bonds. The number of hydrogen-bond acceptors (Lipinski definition) is 3. The molecule has 1 aliphatic heterocycles. The number of ether oxygens (including phenoxy) is 1. The fourth-order valence-corrected chi connectivity index (χ4v) is 4.76. The van der Waals surface area contributed by atoms with E-state index in [2.05, 4.69) is 27.4 Å². The van der Waals surface area contributed by atoms with Gasteiger partial charge in [-0.3, -0.25) is 4.79 Å². The molecule has 1 unspecified atom stereocenters. The summed E-state index contributed by atoms with van der Waals surface area (Å²) >= 11 is 3.28. The van der Waals surface area contributed by atoms with Gasteiger partial charge in [-0.25, -0.2) is 9.37 Å². The van der Waals surface area contributed by atoms with Crippen molar-refractivity contribution in [3.63, 3.8) is 0 Å². The van der Waals surface area contributed by atoms with Crippen LogP contribution in [0.5, 0.6) is 5.75 Å². The highest BCUT2D eigenvalue weighted by Gasteiger charge is 2.61. The van der Waals surface area contributed by atoms with Crippen molar-refractivity contribution < 1.29 is 13.9 Å². The van der Waals surface area contributed by atoms with E-state index in [4.69, 9.17) is 9.72 Å². The van der Waals surface area contributed by atoms with Crippen LogP contribution in [0.1, 0.15) is 30.3 Å². The molecule has 0 bridgehead atoms. The van der Waals surface area contributed by atoms with Gasteiger partial charge in [0.2, 0.25) is 0 Å². The minimum atomic E-state index is -0.314. The third kappa shape index (κ3) is 1.97. The monoisotopic (exact) mass is 400 g/mol. The average Bonchev–Trinajstić information content (AvgIpc) is 2.96. The first kappa shape index (κ1) is 15.1. The smallest absolute Gasteiger partial charge is 0.298 e. The van der Waals surface area contributed by atoms with Gasteiger partial charge in [0.15, 0.2) is 0 Å². The Hall–Kier alpha value is -2.21. The number of hydrogen-bond donors (Lipinski definition) is 0. The third-order valence-electron chi connectivity index (χ3n) is 5.56. The van der Waals surface area contributed by atoms with Gasteiger partial charge in [0, 0.05) is 17.5 Å². The van der Waals surface area contributed by atoms with E-state index in [9.17, 15) is 9.18 Å². The number of halogens is 2. The maximum Gasteiger partial charge on any atom is 0.298 e. The summed E-state index contributed by atoms with van der Waals surface area (Å²) in [4.78, 5) is 15.6. The van der Waals surface area contributed by atoms with E-state index in [-0.39, 0.29) is 11.9 Å². The zero-order valence-electron chi connectivity index (χ0n) is 13.3. The summed E-state index contributed by atoms with van der Waals surface area (Å²) in [7, 11) is 0. The molecule has 1 aliphatic carbocycles. The lowest BCUT2D eigenvalue weighted by atomic mass is 10.00. The van der Waals surface area contributed by atoms with Crippen molar-refractivity contribution in [1.82, 2.24) is 9.55 Å². The summed E-state index contributed by atoms with van der Waals surface area (Å²) in [5, 5.41) is 0. The van der Waals surface area contributed by atoms with Gasteiger partial charge in [-0.1, -0.05) is 25.1 Å². The van der Waals surface area contributed by atoms with Crippen molar-refractivity contribution in [3.05, 3.63) is 58.1 Å². The Kier molecular flexibility index (Phi) is 3.10. The van der Waals surface area contributed by atoms with Crippen molar-refractivity contribution in [2.24, 2.45) is 11.8 Å². The predicted octanol–water partition coefficient (Wildman–Crippen LogP) is 4.43. The van der Waals surface area contributed by atoms with Gasteiger partial charge in [0.1, 0.15) is 17.4 Å². The van der Waals surface area contributed by atoms with E-state index in [0.29, 0.717) is 40.0 Å². The first-order chi connectivity index (χ1) is 12.1. The van der Waals surface area contributed by atoms with Gasteiger partial charge in [-0.15, -0.1) is 0 Å². The van der Waals surface area contributed by atoms with Crippen LogP contribution in [-0.2, 0) is 4.79 Å². The summed E-state index contributed by atoms with van der Waals surface area (Å²) in [5.41, 5.74) is 2.52. The van der Waals surface area contributed by atoms with E-state index >= 15 is 0 Å². The van der Waals surface area contributed by atoms with E-state index < -0.39 is 0 Å². The van der Waals surface area contributed by atoms with E-state index in [1.807, 2.05) is 18.2 Å². The number of carbonyl (C=O) groups is 1. The first-order valence-corrected chi connectivity index (χ1v) is 8.97. The minimum absolute atomic E-state index is 0.0357. The molecule has 0 N–H and O–H groups in total. The number of nitrogens with zero attached hydrogens (tertiary/aromatic N) is 2. The summed E-state index contributed by atoms with van der Waals surface area (Å²) in [5.74, 6) is 2.54. The number of aromatic nitrogens is 2. The normalized spacial score (nSPS) is 26.4. The number of benzene rings is 2. The van der Waals surface area contributed by atoms with Crippen molar-refractivity contribution in [3.8, 4) is 5.75 Å². The molecule has 3 aromatic rings. The third-order valence-corrected chi connectivity index (χ3v) is 6.17. The Morgan fingerprint density at radius 3 is 2.92 bits per heavy atom. The van der Waals surface area contributed by atoms with Crippen LogP contribution < -0.4 is 4.74 Å². The van der Waals surface area contributed by atoms with Gasteiger partial charge in [-0.2, -0.15) is 0 Å². The quantitative estimate of drug-likeness (QED) is 0.611. The molecular formula is C19H14BrFN2O2. The molecule has 0 spiro atoms. The maximum atomic E-state index is 13.9. The van der Waals surface area contributed by atoms with E-state index in [0.717, 1.165) is 16.9 Å². The fraction of sp³-hybridized carbons (Fsp3) is 0.263. The van der Waals surface area contributed by atoms with E-state index in [1.165, 1.54) is 6.07 Å². The average molecular weight is 401 g/mol. The number of para-hydroxylation sites is 1. The highest BCUT2D eigenvalue weighted by Crippen LogP contribution is 2.66. The van der Waals surface area contributed by atoms with Crippen LogP contribution >= 0.6 is 15.9 Å². The molecule has 4 atom stereocenters. The number of rotatable bonds is 3. The Morgan fingerprint density at radius 2 is 2.12 bits per heavy atom. The molecule has 2 heterocycles. The molecule has 4 nitrogen and oxygen atoms in total. The summed E-state index contributed by atoms with van der Waals surface area (Å²) < 4.78 is 21.7. The van der Waals surface area contributed by atoms with Crippen molar-refractivity contribution in [1.29, 1.82) is 0 Å². The minimum Gasteiger partial charge on any atom is -0.428 e. The van der Waals surface area contributed by atoms with Crippen molar-refractivity contribution in [2.75, 3.05) is 0 Å². The number of carbonyl (C=O) groups excluding carboxylic acids is 1. The molecule has 6 heteroatoms. The summed E-state index contributed by atoms with van der Waals surface area (Å²) in [6.45, 7) is 2.67. The molecule has 25 heavy (non-hydrogen) atoms. The zero-order chi connectivity index (χ0) is 17.3. The Labute approximate surface area is 151 Å². The molecule has 0 radical (unpaired) electrons. The molecule has 5 rings (SSSR count). The number of fused-ring (bicyclic) bond motifs is 5. The lowest BCUT2D eigenvalue weighted by molar-refractivity contribution is -0.120. The van der Waals surface area contributed by atoms with Gasteiger partial charge < -0.3 is 9.30 Å². The van der Waals surface area contributed by atoms with Crippen LogP contribution in [0.25, 0.3) is 11.0 Å². The Balaban J connectivity index is 1.76. The molecular weight excluding hydrogens is 387 g/mol. The van der Waals surface area contributed by atoms with Gasteiger partial charge >= 0.3 is 0 Å².